The van der Waals surface area contributed by atoms with E-state index in [-0.39, 0.29) is 5.82 Å². The molecule has 3 rings (SSSR count). The number of fused-ring (bicyclic) bond motifs is 1. The van der Waals surface area contributed by atoms with Gasteiger partial charge in [0.25, 0.3) is 0 Å². The number of aromatic nitrogens is 1. The molecule has 0 aliphatic carbocycles. The van der Waals surface area contributed by atoms with Gasteiger partial charge in [0.15, 0.2) is 0 Å². The van der Waals surface area contributed by atoms with Gasteiger partial charge >= 0.3 is 0 Å². The Morgan fingerprint density at radius 1 is 1.17 bits per heavy atom. The lowest BCUT2D eigenvalue weighted by Gasteiger charge is -2.01. The molecule has 0 amide bonds. The van der Waals surface area contributed by atoms with E-state index in [1.54, 1.807) is 18.2 Å². The van der Waals surface area contributed by atoms with Crippen molar-refractivity contribution in [1.29, 1.82) is 0 Å². The van der Waals surface area contributed by atoms with E-state index in [0.29, 0.717) is 21.3 Å². The average Bonchev–Trinajstić information content (AvgIpc) is 2.74. The van der Waals surface area contributed by atoms with Crippen LogP contribution in [0.1, 0.15) is 0 Å². The lowest BCUT2D eigenvalue weighted by Crippen LogP contribution is -1.90. The number of nitrogen functional groups attached to an aromatic ring is 1. The molecular formula is C13H8ClFN2S. The number of rotatable bonds is 1. The molecule has 0 saturated carbocycles. The quantitative estimate of drug-likeness (QED) is 0.673. The topological polar surface area (TPSA) is 38.9 Å². The first-order chi connectivity index (χ1) is 8.63. The van der Waals surface area contributed by atoms with Crippen molar-refractivity contribution in [2.45, 2.75) is 0 Å². The lowest BCUT2D eigenvalue weighted by atomic mass is 10.2. The van der Waals surface area contributed by atoms with Crippen molar-refractivity contribution in [3.63, 3.8) is 0 Å². The Labute approximate surface area is 112 Å². The molecule has 2 aromatic carbocycles. The molecular weight excluding hydrogens is 271 g/mol. The van der Waals surface area contributed by atoms with E-state index in [4.69, 9.17) is 17.3 Å². The van der Waals surface area contributed by atoms with Crippen LogP contribution in [0.4, 0.5) is 10.1 Å². The van der Waals surface area contributed by atoms with Crippen molar-refractivity contribution in [3.05, 3.63) is 47.2 Å². The number of benzene rings is 2. The van der Waals surface area contributed by atoms with Crippen molar-refractivity contribution >= 4 is 38.8 Å². The van der Waals surface area contributed by atoms with E-state index >= 15 is 0 Å². The Kier molecular flexibility index (Phi) is 2.69. The molecule has 0 unspecified atom stereocenters. The van der Waals surface area contributed by atoms with E-state index in [0.717, 1.165) is 10.2 Å². The zero-order valence-electron chi connectivity index (χ0n) is 9.15. The second-order valence-electron chi connectivity index (χ2n) is 3.86. The highest BCUT2D eigenvalue weighted by Crippen LogP contribution is 2.34. The van der Waals surface area contributed by atoms with Crippen LogP contribution in [-0.2, 0) is 0 Å². The molecule has 2 nitrogen and oxygen atoms in total. The summed E-state index contributed by atoms with van der Waals surface area (Å²) in [5.41, 5.74) is 7.78. The summed E-state index contributed by atoms with van der Waals surface area (Å²) in [5.74, 6) is -0.323. The van der Waals surface area contributed by atoms with E-state index in [1.807, 2.05) is 6.07 Å². The van der Waals surface area contributed by atoms with Crippen molar-refractivity contribution in [3.8, 4) is 10.6 Å². The van der Waals surface area contributed by atoms with Crippen molar-refractivity contribution in [2.75, 3.05) is 5.73 Å². The molecule has 0 radical (unpaired) electrons. The highest BCUT2D eigenvalue weighted by Gasteiger charge is 2.10. The predicted molar refractivity (Wildman–Crippen MR) is 74.4 cm³/mol. The maximum absolute atomic E-state index is 13.3. The molecule has 2 N–H and O–H groups in total. The second kappa shape index (κ2) is 4.23. The summed E-state index contributed by atoms with van der Waals surface area (Å²) in [6.07, 6.45) is 0. The molecule has 0 bridgehead atoms. The zero-order chi connectivity index (χ0) is 12.7. The van der Waals surface area contributed by atoms with Crippen LogP contribution in [0.15, 0.2) is 36.4 Å². The van der Waals surface area contributed by atoms with Crippen molar-refractivity contribution < 1.29 is 4.39 Å². The lowest BCUT2D eigenvalue weighted by molar-refractivity contribution is 0.628. The van der Waals surface area contributed by atoms with Gasteiger partial charge in [-0.1, -0.05) is 11.6 Å². The predicted octanol–water partition coefficient (Wildman–Crippen LogP) is 4.34. The van der Waals surface area contributed by atoms with E-state index in [9.17, 15) is 4.39 Å². The number of nitrogens with zero attached hydrogens (tertiary/aromatic N) is 1. The van der Waals surface area contributed by atoms with Gasteiger partial charge in [-0.3, -0.25) is 0 Å². The van der Waals surface area contributed by atoms with Gasteiger partial charge in [-0.2, -0.15) is 0 Å². The summed E-state index contributed by atoms with van der Waals surface area (Å²) in [6.45, 7) is 0. The first-order valence-corrected chi connectivity index (χ1v) is 6.44. The molecule has 18 heavy (non-hydrogen) atoms. The number of thiazole rings is 1. The van der Waals surface area contributed by atoms with Crippen molar-refractivity contribution in [2.24, 2.45) is 0 Å². The fourth-order valence-electron chi connectivity index (χ4n) is 1.73. The highest BCUT2D eigenvalue weighted by molar-refractivity contribution is 7.21. The SMILES string of the molecule is Nc1ccc(F)cc1-c1nc2cc(Cl)ccc2s1. The third-order valence-electron chi connectivity index (χ3n) is 2.60. The molecule has 0 spiro atoms. The number of hydrogen-bond donors (Lipinski definition) is 1. The van der Waals surface area contributed by atoms with Gasteiger partial charge < -0.3 is 5.73 Å². The summed E-state index contributed by atoms with van der Waals surface area (Å²) in [7, 11) is 0. The molecule has 1 heterocycles. The van der Waals surface area contributed by atoms with E-state index < -0.39 is 0 Å². The number of nitrogens with two attached hydrogens (primary N) is 1. The second-order valence-corrected chi connectivity index (χ2v) is 5.33. The Morgan fingerprint density at radius 3 is 2.83 bits per heavy atom. The fraction of sp³-hybridized carbons (Fsp3) is 0. The van der Waals surface area contributed by atoms with Crippen LogP contribution in [0.3, 0.4) is 0 Å². The van der Waals surface area contributed by atoms with Crippen molar-refractivity contribution in [1.82, 2.24) is 4.98 Å². The first kappa shape index (κ1) is 11.4. The summed E-state index contributed by atoms with van der Waals surface area (Å²) in [5, 5.41) is 1.33. The minimum absolute atomic E-state index is 0.323. The Hall–Kier alpha value is -1.65. The van der Waals surface area contributed by atoms with E-state index in [2.05, 4.69) is 4.98 Å². The monoisotopic (exact) mass is 278 g/mol. The third-order valence-corrected chi connectivity index (χ3v) is 3.90. The van der Waals surface area contributed by atoms with Crippen LogP contribution in [0, 0.1) is 5.82 Å². The smallest absolute Gasteiger partial charge is 0.126 e. The number of halogens is 2. The molecule has 5 heteroatoms. The van der Waals surface area contributed by atoms with Gasteiger partial charge in [0.05, 0.1) is 10.2 Å². The van der Waals surface area contributed by atoms with Gasteiger partial charge in [-0.25, -0.2) is 9.37 Å². The molecule has 0 fully saturated rings. The van der Waals surface area contributed by atoms with Crippen LogP contribution in [0.5, 0.6) is 0 Å². The Morgan fingerprint density at radius 2 is 2.00 bits per heavy atom. The van der Waals surface area contributed by atoms with Crippen LogP contribution in [-0.4, -0.2) is 4.98 Å². The van der Waals surface area contributed by atoms with E-state index in [1.165, 1.54) is 23.5 Å². The molecule has 0 atom stereocenters. The largest absolute Gasteiger partial charge is 0.398 e. The first-order valence-electron chi connectivity index (χ1n) is 5.25. The minimum atomic E-state index is -0.323. The average molecular weight is 279 g/mol. The molecule has 90 valence electrons. The zero-order valence-corrected chi connectivity index (χ0v) is 10.7. The maximum atomic E-state index is 13.3. The van der Waals surface area contributed by atoms with Gasteiger partial charge in [0.1, 0.15) is 10.8 Å². The minimum Gasteiger partial charge on any atom is -0.398 e. The number of hydrogen-bond acceptors (Lipinski definition) is 3. The Bertz CT molecular complexity index is 739. The molecule has 0 aliphatic rings. The van der Waals surface area contributed by atoms with Crippen LogP contribution < -0.4 is 5.73 Å². The van der Waals surface area contributed by atoms with Gasteiger partial charge in [0.2, 0.25) is 0 Å². The molecule has 3 aromatic rings. The Balaban J connectivity index is 2.22. The summed E-state index contributed by atoms with van der Waals surface area (Å²) in [4.78, 5) is 4.43. The standard InChI is InChI=1S/C13H8ClFN2S/c14-7-1-4-12-11(5-7)17-13(18-12)9-6-8(15)2-3-10(9)16/h1-6H,16H2. The van der Waals surface area contributed by atoms with Crippen LogP contribution >= 0.6 is 22.9 Å². The number of anilines is 1. The van der Waals surface area contributed by atoms with Gasteiger partial charge in [-0.15, -0.1) is 11.3 Å². The third kappa shape index (κ3) is 1.94. The van der Waals surface area contributed by atoms with Gasteiger partial charge in [0, 0.05) is 16.3 Å². The van der Waals surface area contributed by atoms with Crippen LogP contribution in [0.2, 0.25) is 5.02 Å². The molecule has 0 aliphatic heterocycles. The summed E-state index contributed by atoms with van der Waals surface area (Å²) in [6, 6.07) is 9.77. The normalized spacial score (nSPS) is 11.0. The van der Waals surface area contributed by atoms with Crippen LogP contribution in [0.25, 0.3) is 20.8 Å². The maximum Gasteiger partial charge on any atom is 0.126 e. The molecule has 0 saturated heterocycles. The molecule has 1 aromatic heterocycles. The summed E-state index contributed by atoms with van der Waals surface area (Å²) >= 11 is 7.38. The summed E-state index contributed by atoms with van der Waals surface area (Å²) < 4.78 is 14.3. The van der Waals surface area contributed by atoms with Gasteiger partial charge in [-0.05, 0) is 36.4 Å². The fourth-order valence-corrected chi connectivity index (χ4v) is 2.88. The highest BCUT2D eigenvalue weighted by atomic mass is 35.5.